The quantitative estimate of drug-likeness (QED) is 0.846. The Bertz CT molecular complexity index is 572. The first-order chi connectivity index (χ1) is 8.96. The number of carbonyl (C=O) groups is 1. The number of hydrogen-bond acceptors (Lipinski definition) is 4. The van der Waals surface area contributed by atoms with Crippen LogP contribution in [0.5, 0.6) is 0 Å². The number of amides is 1. The normalized spacial score (nSPS) is 11.5. The first-order valence-electron chi connectivity index (χ1n) is 6.13. The van der Waals surface area contributed by atoms with Crippen LogP contribution >= 0.6 is 11.3 Å². The van der Waals surface area contributed by atoms with E-state index in [0.29, 0.717) is 6.54 Å². The molecular weight excluding hydrogens is 260 g/mol. The number of benzene rings is 1. The summed E-state index contributed by atoms with van der Waals surface area (Å²) in [6.45, 7) is 6.07. The molecular formula is C14H18N2O2S. The van der Waals surface area contributed by atoms with Gasteiger partial charge in [0.1, 0.15) is 5.60 Å². The molecule has 0 aliphatic rings. The molecule has 0 bridgehead atoms. The molecule has 1 amide bonds. The van der Waals surface area contributed by atoms with E-state index >= 15 is 0 Å². The minimum absolute atomic E-state index is 0.466. The third-order valence-corrected chi connectivity index (χ3v) is 3.44. The third-order valence-electron chi connectivity index (χ3n) is 2.43. The molecule has 1 heterocycles. The highest BCUT2D eigenvalue weighted by Gasteiger charge is 2.15. The standard InChI is InChI=1S/C14H18N2O2S/c1-14(2,3)18-13(17)16-15-8-10-9-19-12-7-5-4-6-11(10)12/h4-7,9,15H,8H2,1-3H3,(H,16,17). The summed E-state index contributed by atoms with van der Waals surface area (Å²) in [7, 11) is 0. The molecule has 5 heteroatoms. The van der Waals surface area contributed by atoms with Crippen LogP contribution in [0.4, 0.5) is 4.79 Å². The van der Waals surface area contributed by atoms with Gasteiger partial charge in [-0.3, -0.25) is 5.43 Å². The summed E-state index contributed by atoms with van der Waals surface area (Å²) in [6, 6.07) is 8.20. The fourth-order valence-electron chi connectivity index (χ4n) is 1.68. The van der Waals surface area contributed by atoms with E-state index in [0.717, 1.165) is 5.56 Å². The monoisotopic (exact) mass is 278 g/mol. The number of hydrazine groups is 1. The molecule has 4 nitrogen and oxygen atoms in total. The zero-order chi connectivity index (χ0) is 13.9. The molecule has 0 atom stereocenters. The van der Waals surface area contributed by atoms with Crippen molar-refractivity contribution >= 4 is 27.5 Å². The molecule has 1 aromatic carbocycles. The first kappa shape index (κ1) is 13.8. The Morgan fingerprint density at radius 2 is 2.05 bits per heavy atom. The van der Waals surface area contributed by atoms with Crippen molar-refractivity contribution in [2.24, 2.45) is 0 Å². The molecule has 0 saturated heterocycles. The van der Waals surface area contributed by atoms with Crippen molar-refractivity contribution in [3.8, 4) is 0 Å². The third kappa shape index (κ3) is 3.94. The highest BCUT2D eigenvalue weighted by atomic mass is 32.1. The predicted molar refractivity (Wildman–Crippen MR) is 78.0 cm³/mol. The van der Waals surface area contributed by atoms with Crippen molar-refractivity contribution in [3.05, 3.63) is 35.2 Å². The smallest absolute Gasteiger partial charge is 0.422 e. The van der Waals surface area contributed by atoms with Crippen LogP contribution in [0, 0.1) is 0 Å². The maximum atomic E-state index is 11.5. The summed E-state index contributed by atoms with van der Waals surface area (Å²) >= 11 is 1.70. The molecule has 0 saturated carbocycles. The van der Waals surface area contributed by atoms with Gasteiger partial charge in [-0.1, -0.05) is 18.2 Å². The molecule has 102 valence electrons. The van der Waals surface area contributed by atoms with Gasteiger partial charge in [0.2, 0.25) is 0 Å². The van der Waals surface area contributed by atoms with E-state index in [9.17, 15) is 4.79 Å². The highest BCUT2D eigenvalue weighted by molar-refractivity contribution is 7.17. The van der Waals surface area contributed by atoms with Crippen LogP contribution in [-0.4, -0.2) is 11.7 Å². The number of carbonyl (C=O) groups excluding carboxylic acids is 1. The second-order valence-corrected chi connectivity index (χ2v) is 6.15. The Balaban J connectivity index is 1.88. The van der Waals surface area contributed by atoms with Gasteiger partial charge in [-0.05, 0) is 43.2 Å². The maximum Gasteiger partial charge on any atom is 0.422 e. The molecule has 0 aliphatic heterocycles. The van der Waals surface area contributed by atoms with Gasteiger partial charge in [0.15, 0.2) is 0 Å². The lowest BCUT2D eigenvalue weighted by atomic mass is 10.2. The summed E-state index contributed by atoms with van der Waals surface area (Å²) in [4.78, 5) is 11.5. The molecule has 1 aromatic heterocycles. The highest BCUT2D eigenvalue weighted by Crippen LogP contribution is 2.25. The predicted octanol–water partition coefficient (Wildman–Crippen LogP) is 3.43. The van der Waals surface area contributed by atoms with Gasteiger partial charge in [0.05, 0.1) is 0 Å². The van der Waals surface area contributed by atoms with E-state index in [-0.39, 0.29) is 0 Å². The van der Waals surface area contributed by atoms with E-state index < -0.39 is 11.7 Å². The number of hydrogen-bond donors (Lipinski definition) is 2. The van der Waals surface area contributed by atoms with Gasteiger partial charge in [0, 0.05) is 11.2 Å². The minimum Gasteiger partial charge on any atom is -0.443 e. The van der Waals surface area contributed by atoms with Crippen LogP contribution in [0.25, 0.3) is 10.1 Å². The van der Waals surface area contributed by atoms with Crippen LogP contribution in [-0.2, 0) is 11.3 Å². The molecule has 0 fully saturated rings. The zero-order valence-electron chi connectivity index (χ0n) is 11.3. The second-order valence-electron chi connectivity index (χ2n) is 5.24. The molecule has 0 spiro atoms. The van der Waals surface area contributed by atoms with E-state index in [1.807, 2.05) is 32.9 Å². The molecule has 2 aromatic rings. The Morgan fingerprint density at radius 1 is 1.32 bits per heavy atom. The SMILES string of the molecule is CC(C)(C)OC(=O)NNCc1csc2ccccc12. The molecule has 19 heavy (non-hydrogen) atoms. The fourth-order valence-corrected chi connectivity index (χ4v) is 2.65. The summed E-state index contributed by atoms with van der Waals surface area (Å²) < 4.78 is 6.38. The van der Waals surface area contributed by atoms with Gasteiger partial charge in [0.25, 0.3) is 0 Å². The van der Waals surface area contributed by atoms with Gasteiger partial charge in [-0.15, -0.1) is 11.3 Å². The lowest BCUT2D eigenvalue weighted by Crippen LogP contribution is -2.40. The van der Waals surface area contributed by atoms with Crippen molar-refractivity contribution in [2.75, 3.05) is 0 Å². The molecule has 0 radical (unpaired) electrons. The Hall–Kier alpha value is -1.59. The van der Waals surface area contributed by atoms with Crippen molar-refractivity contribution in [3.63, 3.8) is 0 Å². The van der Waals surface area contributed by atoms with Gasteiger partial charge in [-0.25, -0.2) is 10.2 Å². The van der Waals surface area contributed by atoms with E-state index in [2.05, 4.69) is 28.4 Å². The fraction of sp³-hybridized carbons (Fsp3) is 0.357. The number of thiophene rings is 1. The van der Waals surface area contributed by atoms with E-state index in [1.165, 1.54) is 10.1 Å². The second kappa shape index (κ2) is 5.59. The summed E-state index contributed by atoms with van der Waals surface area (Å²) in [5.41, 5.74) is 6.10. The van der Waals surface area contributed by atoms with Crippen LogP contribution in [0.1, 0.15) is 26.3 Å². The van der Waals surface area contributed by atoms with E-state index in [1.54, 1.807) is 11.3 Å². The average molecular weight is 278 g/mol. The largest absolute Gasteiger partial charge is 0.443 e. The topological polar surface area (TPSA) is 50.4 Å². The van der Waals surface area contributed by atoms with Crippen molar-refractivity contribution in [1.29, 1.82) is 0 Å². The number of rotatable bonds is 3. The maximum absolute atomic E-state index is 11.5. The first-order valence-corrected chi connectivity index (χ1v) is 7.00. The average Bonchev–Trinajstić information content (AvgIpc) is 2.70. The summed E-state index contributed by atoms with van der Waals surface area (Å²) in [5, 5.41) is 3.31. The van der Waals surface area contributed by atoms with Crippen LogP contribution in [0.15, 0.2) is 29.6 Å². The lowest BCUT2D eigenvalue weighted by molar-refractivity contribution is 0.0497. The Labute approximate surface area is 116 Å². The van der Waals surface area contributed by atoms with Crippen LogP contribution in [0.3, 0.4) is 0 Å². The van der Waals surface area contributed by atoms with Gasteiger partial charge >= 0.3 is 6.09 Å². The van der Waals surface area contributed by atoms with Crippen molar-refractivity contribution < 1.29 is 9.53 Å². The zero-order valence-corrected chi connectivity index (χ0v) is 12.1. The number of nitrogens with one attached hydrogen (secondary N) is 2. The van der Waals surface area contributed by atoms with E-state index in [4.69, 9.17) is 4.74 Å². The minimum atomic E-state index is -0.485. The lowest BCUT2D eigenvalue weighted by Gasteiger charge is -2.19. The van der Waals surface area contributed by atoms with Gasteiger partial charge < -0.3 is 4.74 Å². The van der Waals surface area contributed by atoms with Crippen LogP contribution in [0.2, 0.25) is 0 Å². The molecule has 0 unspecified atom stereocenters. The summed E-state index contributed by atoms with van der Waals surface area (Å²) in [5.74, 6) is 0. The summed E-state index contributed by atoms with van der Waals surface area (Å²) in [6.07, 6.45) is -0.466. The Morgan fingerprint density at radius 3 is 2.79 bits per heavy atom. The van der Waals surface area contributed by atoms with Crippen LogP contribution < -0.4 is 10.9 Å². The molecule has 2 rings (SSSR count). The van der Waals surface area contributed by atoms with Gasteiger partial charge in [-0.2, -0.15) is 0 Å². The van der Waals surface area contributed by atoms with Crippen molar-refractivity contribution in [2.45, 2.75) is 32.9 Å². The number of ether oxygens (including phenoxy) is 1. The number of fused-ring (bicyclic) bond motifs is 1. The van der Waals surface area contributed by atoms with Crippen molar-refractivity contribution in [1.82, 2.24) is 10.9 Å². The molecule has 0 aliphatic carbocycles. The Kier molecular flexibility index (Phi) is 4.07. The molecule has 2 N–H and O–H groups in total.